The molecule has 72 heavy (non-hydrogen) atoms. The van der Waals surface area contributed by atoms with Crippen LogP contribution in [0, 0.1) is 5.41 Å². The maximum atomic E-state index is 8.04. The number of para-hydroxylation sites is 3. The lowest BCUT2D eigenvalue weighted by Crippen LogP contribution is -2.11. The second kappa shape index (κ2) is 19.1. The molecule has 9 aromatic carbocycles. The number of nitrogen functional groups attached to an aromatic ring is 1. The monoisotopic (exact) mass is 933 g/mol. The summed E-state index contributed by atoms with van der Waals surface area (Å²) in [6.45, 7) is 10.3. The van der Waals surface area contributed by atoms with Gasteiger partial charge in [0, 0.05) is 72.6 Å². The molecule has 0 radical (unpaired) electrons. The first kappa shape index (κ1) is 45.0. The molecule has 348 valence electrons. The highest BCUT2D eigenvalue weighted by molar-refractivity contribution is 6.20. The number of nitrogens with one attached hydrogen (secondary N) is 1. The van der Waals surface area contributed by atoms with Crippen molar-refractivity contribution in [2.45, 2.75) is 13.5 Å². The molecule has 0 saturated heterocycles. The number of aromatic nitrogens is 2. The van der Waals surface area contributed by atoms with Crippen LogP contribution in [0.1, 0.15) is 29.3 Å². The molecule has 0 unspecified atom stereocenters. The van der Waals surface area contributed by atoms with Crippen LogP contribution in [0.25, 0.3) is 117 Å². The quantitative estimate of drug-likeness (QED) is 0.117. The second-order valence-electron chi connectivity index (χ2n) is 17.7. The highest BCUT2D eigenvalue weighted by Crippen LogP contribution is 2.43. The second-order valence-corrected chi connectivity index (χ2v) is 17.7. The van der Waals surface area contributed by atoms with E-state index in [1.165, 1.54) is 43.8 Å². The summed E-state index contributed by atoms with van der Waals surface area (Å²) < 4.78 is 17.2. The van der Waals surface area contributed by atoms with E-state index in [1.807, 2.05) is 91.0 Å². The Morgan fingerprint density at radius 2 is 1.25 bits per heavy atom. The summed E-state index contributed by atoms with van der Waals surface area (Å²) in [4.78, 5) is 3.76. The SMILES string of the molecule is C=Cc1c(/C=C\C)n(-c2ccccc2)c2c1ccc1c3ccccc3n(C)c12.C=NCc1ccccc1.N=C(N)c1cccc2oc3ccc(-c4cccc5oc6c(-c7ccccc7)cccc6c45)cc3c12. The van der Waals surface area contributed by atoms with E-state index in [2.05, 4.69) is 169 Å². The first-order valence-corrected chi connectivity index (χ1v) is 24.0. The molecule has 7 nitrogen and oxygen atoms in total. The lowest BCUT2D eigenvalue weighted by atomic mass is 9.96. The van der Waals surface area contributed by atoms with Crippen molar-refractivity contribution in [3.63, 3.8) is 0 Å². The zero-order valence-electron chi connectivity index (χ0n) is 40.1. The van der Waals surface area contributed by atoms with Crippen molar-refractivity contribution in [1.82, 2.24) is 9.13 Å². The molecule has 0 aliphatic heterocycles. The minimum absolute atomic E-state index is 0.0278. The molecule has 0 fully saturated rings. The largest absolute Gasteiger partial charge is 0.456 e. The maximum absolute atomic E-state index is 8.04. The van der Waals surface area contributed by atoms with Gasteiger partial charge in [0.1, 0.15) is 28.2 Å². The number of rotatable bonds is 8. The van der Waals surface area contributed by atoms with Crippen LogP contribution in [0.15, 0.2) is 227 Å². The van der Waals surface area contributed by atoms with Gasteiger partial charge in [0.25, 0.3) is 0 Å². The molecule has 4 aromatic heterocycles. The van der Waals surface area contributed by atoms with Crippen LogP contribution in [0.2, 0.25) is 0 Å². The van der Waals surface area contributed by atoms with Gasteiger partial charge in [-0.1, -0.05) is 176 Å². The van der Waals surface area contributed by atoms with Crippen LogP contribution in [-0.4, -0.2) is 21.7 Å². The Hall–Kier alpha value is -9.46. The number of nitrogens with two attached hydrogens (primary N) is 1. The molecule has 0 aliphatic rings. The van der Waals surface area contributed by atoms with E-state index in [0.717, 1.165) is 84.1 Å². The Balaban J connectivity index is 0.000000135. The van der Waals surface area contributed by atoms with Gasteiger partial charge in [0.2, 0.25) is 0 Å². The summed E-state index contributed by atoms with van der Waals surface area (Å²) in [5, 5.41) is 15.8. The van der Waals surface area contributed by atoms with E-state index in [9.17, 15) is 0 Å². The van der Waals surface area contributed by atoms with Gasteiger partial charge in [0.15, 0.2) is 0 Å². The predicted molar refractivity (Wildman–Crippen MR) is 305 cm³/mol. The third-order valence-electron chi connectivity index (χ3n) is 13.5. The number of aryl methyl sites for hydroxylation is 1. The van der Waals surface area contributed by atoms with E-state index >= 15 is 0 Å². The van der Waals surface area contributed by atoms with E-state index < -0.39 is 0 Å². The zero-order valence-corrected chi connectivity index (χ0v) is 40.1. The molecule has 13 rings (SSSR count). The average molecular weight is 934 g/mol. The van der Waals surface area contributed by atoms with Gasteiger partial charge in [-0.3, -0.25) is 10.4 Å². The molecule has 0 saturated carbocycles. The highest BCUT2D eigenvalue weighted by Gasteiger charge is 2.22. The lowest BCUT2D eigenvalue weighted by molar-refractivity contribution is 0.669. The van der Waals surface area contributed by atoms with Gasteiger partial charge in [0.05, 0.1) is 23.3 Å². The van der Waals surface area contributed by atoms with Gasteiger partial charge in [-0.2, -0.15) is 0 Å². The molecule has 0 spiro atoms. The molecule has 4 heterocycles. The van der Waals surface area contributed by atoms with Gasteiger partial charge in [-0.25, -0.2) is 0 Å². The molecule has 0 amide bonds. The zero-order chi connectivity index (χ0) is 49.3. The van der Waals surface area contributed by atoms with Crippen molar-refractivity contribution >= 4 is 101 Å². The molecule has 0 bridgehead atoms. The number of benzene rings is 9. The van der Waals surface area contributed by atoms with Crippen LogP contribution in [0.4, 0.5) is 0 Å². The lowest BCUT2D eigenvalue weighted by Gasteiger charge is -2.11. The predicted octanol–water partition coefficient (Wildman–Crippen LogP) is 16.9. The van der Waals surface area contributed by atoms with E-state index in [0.29, 0.717) is 5.56 Å². The molecule has 7 heteroatoms. The molecule has 0 aliphatic carbocycles. The van der Waals surface area contributed by atoms with Crippen LogP contribution < -0.4 is 5.73 Å². The molecule has 3 N–H and O–H groups in total. The van der Waals surface area contributed by atoms with Crippen LogP contribution >= 0.6 is 0 Å². The summed E-state index contributed by atoms with van der Waals surface area (Å²) in [5.41, 5.74) is 22.6. The fourth-order valence-electron chi connectivity index (χ4n) is 10.3. The van der Waals surface area contributed by atoms with E-state index in [-0.39, 0.29) is 5.84 Å². The normalized spacial score (nSPS) is 11.4. The minimum atomic E-state index is 0.0278. The van der Waals surface area contributed by atoms with E-state index in [4.69, 9.17) is 20.0 Å². The Bertz CT molecular complexity index is 4210. The Morgan fingerprint density at radius 3 is 1.99 bits per heavy atom. The Labute approximate surface area is 417 Å². The van der Waals surface area contributed by atoms with Crippen LogP contribution in [-0.2, 0) is 13.6 Å². The number of hydrogen-bond donors (Lipinski definition) is 2. The fourth-order valence-corrected chi connectivity index (χ4v) is 10.3. The molecular formula is C65H51N5O2. The number of nitrogens with zero attached hydrogens (tertiary/aromatic N) is 3. The minimum Gasteiger partial charge on any atom is -0.456 e. The third kappa shape index (κ3) is 7.83. The van der Waals surface area contributed by atoms with Crippen molar-refractivity contribution in [2.75, 3.05) is 0 Å². The average Bonchev–Trinajstić information content (AvgIpc) is 4.17. The number of hydrogen-bond acceptors (Lipinski definition) is 4. The number of allylic oxidation sites excluding steroid dienone is 1. The van der Waals surface area contributed by atoms with Gasteiger partial charge in [-0.15, -0.1) is 0 Å². The number of fused-ring (bicyclic) bond motifs is 11. The highest BCUT2D eigenvalue weighted by atomic mass is 16.3. The first-order chi connectivity index (χ1) is 35.4. The molecular weight excluding hydrogens is 883 g/mol. The summed E-state index contributed by atoms with van der Waals surface area (Å²) in [6.07, 6.45) is 6.25. The van der Waals surface area contributed by atoms with E-state index in [1.54, 1.807) is 0 Å². The Morgan fingerprint density at radius 1 is 0.597 bits per heavy atom. The maximum Gasteiger partial charge on any atom is 0.143 e. The molecule has 13 aromatic rings. The van der Waals surface area contributed by atoms with Crippen molar-refractivity contribution in [1.29, 1.82) is 5.41 Å². The smallest absolute Gasteiger partial charge is 0.143 e. The Kier molecular flexibility index (Phi) is 12.0. The van der Waals surface area contributed by atoms with Crippen molar-refractivity contribution in [3.05, 3.63) is 235 Å². The van der Waals surface area contributed by atoms with Crippen LogP contribution in [0.5, 0.6) is 0 Å². The number of furan rings is 2. The number of aliphatic imine (C=N–C) groups is 1. The summed E-state index contributed by atoms with van der Waals surface area (Å²) >= 11 is 0. The third-order valence-corrected chi connectivity index (χ3v) is 13.5. The van der Waals surface area contributed by atoms with Gasteiger partial charge < -0.3 is 23.7 Å². The first-order valence-electron chi connectivity index (χ1n) is 24.0. The van der Waals surface area contributed by atoms with Crippen molar-refractivity contribution in [3.8, 4) is 27.9 Å². The number of amidine groups is 1. The van der Waals surface area contributed by atoms with Crippen LogP contribution in [0.3, 0.4) is 0 Å². The van der Waals surface area contributed by atoms with Crippen molar-refractivity contribution in [2.24, 2.45) is 17.8 Å². The topological polar surface area (TPSA) is 98.4 Å². The van der Waals surface area contributed by atoms with Gasteiger partial charge in [-0.05, 0) is 84.4 Å². The standard InChI is InChI=1S/C31H20N2O2.C26H22N2.C8H9N/c32-31(33)23-12-6-13-26-29(23)24-17-19(15-16-25(24)34-26)20-9-5-14-27-28(20)22-11-4-10-21(30(22)35-27)18-7-2-1-3-8-18;1-4-11-24-19(5-2)21-16-17-22-20-14-9-10-15-23(20)27(3)25(22)26(21)28(24)18-12-7-6-8-13-18;1-9-7-8-5-3-2-4-6-8/h1-17H,(H3,32,33);4-17H,2H2,1,3H3;2-6H,1,7H2/b;11-4-;. The van der Waals surface area contributed by atoms with Gasteiger partial charge >= 0.3 is 0 Å². The summed E-state index contributed by atoms with van der Waals surface area (Å²) in [6, 6.07) is 68.4. The summed E-state index contributed by atoms with van der Waals surface area (Å²) in [5.74, 6) is 0.0278. The summed E-state index contributed by atoms with van der Waals surface area (Å²) in [7, 11) is 2.16. The van der Waals surface area contributed by atoms with Crippen molar-refractivity contribution < 1.29 is 8.83 Å². The fraction of sp³-hybridized carbons (Fsp3) is 0.0462. The molecule has 0 atom stereocenters.